The van der Waals surface area contributed by atoms with Crippen LogP contribution in [0.3, 0.4) is 0 Å². The molecule has 2 rings (SSSR count). The first-order chi connectivity index (χ1) is 13.6. The average Bonchev–Trinajstić information content (AvgIpc) is 2.67. The van der Waals surface area contributed by atoms with Crippen molar-refractivity contribution in [1.29, 1.82) is 5.26 Å². The molecule has 152 valence electrons. The molecule has 1 unspecified atom stereocenters. The number of anilines is 1. The molecular weight excluding hydrogens is 392 g/mol. The number of nitrogens with one attached hydrogen (secondary N) is 3. The Morgan fingerprint density at radius 3 is 2.10 bits per heavy atom. The summed E-state index contributed by atoms with van der Waals surface area (Å²) >= 11 is 0. The molecule has 2 amide bonds. The Hall–Kier alpha value is -3.22. The predicted octanol–water partition coefficient (Wildman–Crippen LogP) is 2.06. The molecule has 2 atom stereocenters. The van der Waals surface area contributed by atoms with Gasteiger partial charge in [-0.05, 0) is 55.8 Å². The van der Waals surface area contributed by atoms with Crippen LogP contribution in [0.25, 0.3) is 0 Å². The van der Waals surface area contributed by atoms with Crippen LogP contribution in [-0.2, 0) is 19.6 Å². The average molecular weight is 414 g/mol. The number of hydrogen-bond donors (Lipinski definition) is 3. The number of rotatable bonds is 7. The second-order valence-electron chi connectivity index (χ2n) is 6.51. The summed E-state index contributed by atoms with van der Waals surface area (Å²) in [5, 5.41) is 14.1. The summed E-state index contributed by atoms with van der Waals surface area (Å²) in [4.78, 5) is 23.4. The molecule has 0 heterocycles. The number of hydrogen-bond acceptors (Lipinski definition) is 5. The number of nitriles is 1. The van der Waals surface area contributed by atoms with Gasteiger partial charge in [0.2, 0.25) is 21.8 Å². The number of sulfonamides is 1. The second-order valence-corrected chi connectivity index (χ2v) is 8.23. The van der Waals surface area contributed by atoms with Crippen LogP contribution in [0.1, 0.15) is 37.9 Å². The summed E-state index contributed by atoms with van der Waals surface area (Å²) in [6.07, 6.45) is 0. The van der Waals surface area contributed by atoms with Gasteiger partial charge in [0.25, 0.3) is 0 Å². The monoisotopic (exact) mass is 414 g/mol. The topological polar surface area (TPSA) is 128 Å². The Morgan fingerprint density at radius 1 is 1.00 bits per heavy atom. The van der Waals surface area contributed by atoms with Crippen molar-refractivity contribution in [1.82, 2.24) is 10.0 Å². The summed E-state index contributed by atoms with van der Waals surface area (Å²) < 4.78 is 27.3. The summed E-state index contributed by atoms with van der Waals surface area (Å²) in [7, 11) is -3.92. The molecule has 0 bridgehead atoms. The molecule has 29 heavy (non-hydrogen) atoms. The van der Waals surface area contributed by atoms with E-state index in [2.05, 4.69) is 15.4 Å². The van der Waals surface area contributed by atoms with Crippen LogP contribution in [0, 0.1) is 11.3 Å². The maximum atomic E-state index is 12.5. The summed E-state index contributed by atoms with van der Waals surface area (Å²) in [5.74, 6) is -0.749. The van der Waals surface area contributed by atoms with Crippen molar-refractivity contribution in [2.24, 2.45) is 0 Å². The van der Waals surface area contributed by atoms with Gasteiger partial charge < -0.3 is 10.6 Å². The molecular formula is C20H22N4O4S. The van der Waals surface area contributed by atoms with Gasteiger partial charge in [0.1, 0.15) is 0 Å². The first-order valence-electron chi connectivity index (χ1n) is 8.83. The molecule has 0 aliphatic heterocycles. The van der Waals surface area contributed by atoms with E-state index in [1.807, 2.05) is 6.07 Å². The van der Waals surface area contributed by atoms with Gasteiger partial charge in [-0.25, -0.2) is 8.42 Å². The number of nitrogens with zero attached hydrogens (tertiary/aromatic N) is 1. The minimum Gasteiger partial charge on any atom is -0.348 e. The lowest BCUT2D eigenvalue weighted by Crippen LogP contribution is -2.45. The molecule has 2 aromatic carbocycles. The van der Waals surface area contributed by atoms with Gasteiger partial charge in [-0.15, -0.1) is 0 Å². The molecule has 0 aliphatic carbocycles. The van der Waals surface area contributed by atoms with Crippen molar-refractivity contribution in [3.05, 3.63) is 59.7 Å². The predicted molar refractivity (Wildman–Crippen MR) is 108 cm³/mol. The van der Waals surface area contributed by atoms with Crippen LogP contribution in [0.5, 0.6) is 0 Å². The van der Waals surface area contributed by atoms with Crippen LogP contribution in [-0.4, -0.2) is 26.3 Å². The molecule has 0 saturated carbocycles. The zero-order valence-electron chi connectivity index (χ0n) is 16.3. The number of carbonyl (C=O) groups is 2. The van der Waals surface area contributed by atoms with Gasteiger partial charge in [0.05, 0.1) is 28.6 Å². The molecule has 8 nitrogen and oxygen atoms in total. The lowest BCUT2D eigenvalue weighted by atomic mass is 10.1. The molecule has 0 aliphatic rings. The largest absolute Gasteiger partial charge is 0.348 e. The quantitative estimate of drug-likeness (QED) is 0.639. The van der Waals surface area contributed by atoms with E-state index in [1.165, 1.54) is 38.1 Å². The number of amides is 2. The van der Waals surface area contributed by atoms with Crippen molar-refractivity contribution in [2.75, 3.05) is 5.32 Å². The van der Waals surface area contributed by atoms with Gasteiger partial charge >= 0.3 is 0 Å². The molecule has 0 fully saturated rings. The highest BCUT2D eigenvalue weighted by atomic mass is 32.2. The fraction of sp³-hybridized carbons (Fsp3) is 0.250. The van der Waals surface area contributed by atoms with Gasteiger partial charge in [0.15, 0.2) is 0 Å². The zero-order valence-corrected chi connectivity index (χ0v) is 17.1. The van der Waals surface area contributed by atoms with E-state index in [1.54, 1.807) is 31.2 Å². The van der Waals surface area contributed by atoms with Crippen molar-refractivity contribution >= 4 is 27.5 Å². The molecule has 9 heteroatoms. The lowest BCUT2D eigenvalue weighted by Gasteiger charge is -2.19. The Bertz CT molecular complexity index is 1030. The molecule has 2 aromatic rings. The fourth-order valence-electron chi connectivity index (χ4n) is 2.54. The molecule has 0 saturated heterocycles. The SMILES string of the molecule is CC(=O)Nc1ccc(S(=O)(=O)N[C@@H](C)C(=O)NC(C)c2ccc(C#N)cc2)cc1. The molecule has 3 N–H and O–H groups in total. The van der Waals surface area contributed by atoms with E-state index >= 15 is 0 Å². The Labute approximate surface area is 170 Å². The smallest absolute Gasteiger partial charge is 0.241 e. The Kier molecular flexibility index (Phi) is 7.09. The van der Waals surface area contributed by atoms with Crippen LogP contribution < -0.4 is 15.4 Å². The normalized spacial score (nSPS) is 13.0. The highest BCUT2D eigenvalue weighted by Gasteiger charge is 2.23. The number of benzene rings is 2. The lowest BCUT2D eigenvalue weighted by molar-refractivity contribution is -0.123. The van der Waals surface area contributed by atoms with E-state index in [0.717, 1.165) is 5.56 Å². The summed E-state index contributed by atoms with van der Waals surface area (Å²) in [6.45, 7) is 4.57. The zero-order chi connectivity index (χ0) is 21.6. The highest BCUT2D eigenvalue weighted by molar-refractivity contribution is 7.89. The Balaban J connectivity index is 2.01. The number of carbonyl (C=O) groups excluding carboxylic acids is 2. The highest BCUT2D eigenvalue weighted by Crippen LogP contribution is 2.16. The molecule has 0 radical (unpaired) electrons. The second kappa shape index (κ2) is 9.32. The third-order valence-corrected chi connectivity index (χ3v) is 5.67. The molecule has 0 spiro atoms. The van der Waals surface area contributed by atoms with Crippen molar-refractivity contribution in [2.45, 2.75) is 37.8 Å². The first kappa shape index (κ1) is 22.1. The third-order valence-electron chi connectivity index (χ3n) is 4.11. The van der Waals surface area contributed by atoms with Gasteiger partial charge in [0, 0.05) is 12.6 Å². The van der Waals surface area contributed by atoms with E-state index in [0.29, 0.717) is 11.3 Å². The molecule has 0 aromatic heterocycles. The van der Waals surface area contributed by atoms with E-state index in [4.69, 9.17) is 5.26 Å². The van der Waals surface area contributed by atoms with Crippen LogP contribution in [0.4, 0.5) is 5.69 Å². The minimum absolute atomic E-state index is 0.0219. The van der Waals surface area contributed by atoms with Crippen molar-refractivity contribution in [3.8, 4) is 6.07 Å². The van der Waals surface area contributed by atoms with E-state index in [-0.39, 0.29) is 16.8 Å². The van der Waals surface area contributed by atoms with Crippen molar-refractivity contribution < 1.29 is 18.0 Å². The first-order valence-corrected chi connectivity index (χ1v) is 10.3. The van der Waals surface area contributed by atoms with Gasteiger partial charge in [-0.1, -0.05) is 12.1 Å². The van der Waals surface area contributed by atoms with Crippen molar-refractivity contribution in [3.63, 3.8) is 0 Å². The standard InChI is InChI=1S/C20H22N4O4S/c1-13(17-6-4-16(12-21)5-7-17)22-20(26)14(2)24-29(27,28)19-10-8-18(9-11-19)23-15(3)25/h4-11,13-14,24H,1-3H3,(H,22,26)(H,23,25)/t13?,14-/m0/s1. The van der Waals surface area contributed by atoms with Gasteiger partial charge in [-0.3, -0.25) is 9.59 Å². The van der Waals surface area contributed by atoms with E-state index in [9.17, 15) is 18.0 Å². The maximum Gasteiger partial charge on any atom is 0.241 e. The third kappa shape index (κ3) is 6.14. The van der Waals surface area contributed by atoms with Crippen LogP contribution in [0.2, 0.25) is 0 Å². The summed E-state index contributed by atoms with van der Waals surface area (Å²) in [5.41, 5.74) is 1.78. The fourth-order valence-corrected chi connectivity index (χ4v) is 3.75. The van der Waals surface area contributed by atoms with Crippen LogP contribution >= 0.6 is 0 Å². The van der Waals surface area contributed by atoms with Gasteiger partial charge in [-0.2, -0.15) is 9.98 Å². The Morgan fingerprint density at radius 2 is 1.59 bits per heavy atom. The van der Waals surface area contributed by atoms with Crippen LogP contribution in [0.15, 0.2) is 53.4 Å². The maximum absolute atomic E-state index is 12.5. The summed E-state index contributed by atoms with van der Waals surface area (Å²) in [6, 6.07) is 13.0. The minimum atomic E-state index is -3.92. The van der Waals surface area contributed by atoms with E-state index < -0.39 is 22.0 Å².